The molecule has 0 N–H and O–H groups in total. The minimum atomic E-state index is -4.67. The largest absolute Gasteiger partial charge is 0.473 e. The van der Waals surface area contributed by atoms with Crippen LogP contribution >= 0.6 is 11.6 Å². The van der Waals surface area contributed by atoms with Crippen molar-refractivity contribution in [2.45, 2.75) is 12.8 Å². The van der Waals surface area contributed by atoms with E-state index in [1.807, 2.05) is 7.05 Å². The summed E-state index contributed by atoms with van der Waals surface area (Å²) in [6.07, 6.45) is -4.67. The Morgan fingerprint density at radius 1 is 1.03 bits per heavy atom. The summed E-state index contributed by atoms with van der Waals surface area (Å²) in [7, 11) is 3.67. The van der Waals surface area contributed by atoms with Crippen LogP contribution in [0, 0.1) is 5.82 Å². The molecule has 0 radical (unpaired) electrons. The summed E-state index contributed by atoms with van der Waals surface area (Å²) in [4.78, 5) is 20.5. The lowest BCUT2D eigenvalue weighted by molar-refractivity contribution is -0.137. The number of benzene rings is 2. The molecule has 1 aliphatic heterocycles. The van der Waals surface area contributed by atoms with E-state index in [1.54, 1.807) is 13.1 Å². The highest BCUT2D eigenvalue weighted by Gasteiger charge is 2.33. The molecule has 36 heavy (non-hydrogen) atoms. The molecule has 1 aliphatic rings. The van der Waals surface area contributed by atoms with Gasteiger partial charge in [0.1, 0.15) is 18.2 Å². The first-order valence-electron chi connectivity index (χ1n) is 11.0. The second-order valence-electron chi connectivity index (χ2n) is 8.38. The molecule has 0 aliphatic carbocycles. The molecule has 4 rings (SSSR count). The Morgan fingerprint density at radius 3 is 2.42 bits per heavy atom. The van der Waals surface area contributed by atoms with E-state index in [-0.39, 0.29) is 24.0 Å². The van der Waals surface area contributed by atoms with E-state index in [0.717, 1.165) is 38.3 Å². The van der Waals surface area contributed by atoms with Crippen LogP contribution < -0.4 is 20.1 Å². The standard InChI is InChI=1S/C24H23ClF4N4O3/c1-31-7-9-33(10-8-31)22-13-21(30-23(34)32(22)2)35-14-15-3-6-20(19(26)11-15)36-16-4-5-18(25)17(12-16)24(27,28)29/h3-6,11-13H,7-10,14H2,1-2H3. The van der Waals surface area contributed by atoms with Gasteiger partial charge in [-0.1, -0.05) is 17.7 Å². The first kappa shape index (κ1) is 25.8. The van der Waals surface area contributed by atoms with Crippen LogP contribution in [0.15, 0.2) is 47.3 Å². The first-order chi connectivity index (χ1) is 17.0. The fraction of sp³-hybridized carbons (Fsp3) is 0.333. The van der Waals surface area contributed by atoms with Gasteiger partial charge in [-0.15, -0.1) is 0 Å². The smallest absolute Gasteiger partial charge is 0.417 e. The Bertz CT molecular complexity index is 1310. The van der Waals surface area contributed by atoms with Crippen LogP contribution in [0.25, 0.3) is 0 Å². The first-order valence-corrected chi connectivity index (χ1v) is 11.4. The molecule has 7 nitrogen and oxygen atoms in total. The number of alkyl halides is 3. The van der Waals surface area contributed by atoms with Gasteiger partial charge in [-0.25, -0.2) is 9.18 Å². The number of nitrogens with zero attached hydrogens (tertiary/aromatic N) is 4. The minimum Gasteiger partial charge on any atom is -0.473 e. The molecular weight excluding hydrogens is 504 g/mol. The summed E-state index contributed by atoms with van der Waals surface area (Å²) < 4.78 is 66.2. The summed E-state index contributed by atoms with van der Waals surface area (Å²) >= 11 is 5.61. The van der Waals surface area contributed by atoms with Gasteiger partial charge in [0.15, 0.2) is 11.6 Å². The Labute approximate surface area is 209 Å². The van der Waals surface area contributed by atoms with Crippen molar-refractivity contribution in [1.29, 1.82) is 0 Å². The summed E-state index contributed by atoms with van der Waals surface area (Å²) in [5.41, 5.74) is -1.14. The molecule has 2 heterocycles. The van der Waals surface area contributed by atoms with Crippen LogP contribution in [0.3, 0.4) is 0 Å². The molecule has 2 aromatic carbocycles. The van der Waals surface area contributed by atoms with Gasteiger partial charge in [0, 0.05) is 39.3 Å². The molecule has 0 atom stereocenters. The average Bonchev–Trinajstić information content (AvgIpc) is 2.82. The minimum absolute atomic E-state index is 0.0846. The van der Waals surface area contributed by atoms with Crippen molar-refractivity contribution in [2.24, 2.45) is 7.05 Å². The summed E-state index contributed by atoms with van der Waals surface area (Å²) in [5.74, 6) is -0.494. The number of halogens is 5. The van der Waals surface area contributed by atoms with E-state index in [2.05, 4.69) is 14.8 Å². The van der Waals surface area contributed by atoms with E-state index in [9.17, 15) is 22.4 Å². The molecule has 1 aromatic heterocycles. The van der Waals surface area contributed by atoms with E-state index in [4.69, 9.17) is 21.1 Å². The van der Waals surface area contributed by atoms with Gasteiger partial charge in [0.25, 0.3) is 0 Å². The topological polar surface area (TPSA) is 59.8 Å². The molecule has 0 saturated carbocycles. The fourth-order valence-electron chi connectivity index (χ4n) is 3.71. The van der Waals surface area contributed by atoms with E-state index >= 15 is 0 Å². The second-order valence-corrected chi connectivity index (χ2v) is 8.79. The number of anilines is 1. The molecule has 0 spiro atoms. The molecule has 1 fully saturated rings. The van der Waals surface area contributed by atoms with Crippen molar-refractivity contribution in [3.63, 3.8) is 0 Å². The Kier molecular flexibility index (Phi) is 7.41. The van der Waals surface area contributed by atoms with Gasteiger partial charge < -0.3 is 19.3 Å². The van der Waals surface area contributed by atoms with Crippen molar-refractivity contribution < 1.29 is 27.0 Å². The molecule has 0 unspecified atom stereocenters. The van der Waals surface area contributed by atoms with E-state index < -0.39 is 28.3 Å². The number of likely N-dealkylation sites (N-methyl/N-ethyl adjacent to an activating group) is 1. The second kappa shape index (κ2) is 10.4. The van der Waals surface area contributed by atoms with Gasteiger partial charge in [0.05, 0.1) is 10.6 Å². The van der Waals surface area contributed by atoms with Crippen molar-refractivity contribution in [3.05, 3.63) is 74.9 Å². The maximum absolute atomic E-state index is 14.6. The molecule has 0 amide bonds. The lowest BCUT2D eigenvalue weighted by Crippen LogP contribution is -2.46. The third-order valence-electron chi connectivity index (χ3n) is 5.77. The van der Waals surface area contributed by atoms with Crippen LogP contribution in [-0.4, -0.2) is 47.7 Å². The highest BCUT2D eigenvalue weighted by atomic mass is 35.5. The molecule has 3 aromatic rings. The normalized spacial score (nSPS) is 14.7. The number of aromatic nitrogens is 2. The quantitative estimate of drug-likeness (QED) is 0.433. The van der Waals surface area contributed by atoms with Gasteiger partial charge in [-0.2, -0.15) is 18.2 Å². The number of hydrogen-bond acceptors (Lipinski definition) is 6. The van der Waals surface area contributed by atoms with Crippen LogP contribution in [0.2, 0.25) is 5.02 Å². The van der Waals surface area contributed by atoms with Gasteiger partial charge >= 0.3 is 11.9 Å². The average molecular weight is 527 g/mol. The van der Waals surface area contributed by atoms with Gasteiger partial charge in [-0.05, 0) is 42.9 Å². The van der Waals surface area contributed by atoms with Crippen molar-refractivity contribution in [3.8, 4) is 17.4 Å². The van der Waals surface area contributed by atoms with Crippen LogP contribution in [0.1, 0.15) is 11.1 Å². The lowest BCUT2D eigenvalue weighted by Gasteiger charge is -2.34. The molecule has 192 valence electrons. The highest BCUT2D eigenvalue weighted by molar-refractivity contribution is 6.31. The molecular formula is C24H23ClF4N4O3. The third-order valence-corrected chi connectivity index (χ3v) is 6.10. The lowest BCUT2D eigenvalue weighted by atomic mass is 10.2. The van der Waals surface area contributed by atoms with E-state index in [0.29, 0.717) is 17.4 Å². The molecule has 1 saturated heterocycles. The summed E-state index contributed by atoms with van der Waals surface area (Å²) in [6, 6.07) is 8.54. The highest BCUT2D eigenvalue weighted by Crippen LogP contribution is 2.38. The maximum atomic E-state index is 14.6. The molecule has 12 heteroatoms. The third kappa shape index (κ3) is 5.90. The fourth-order valence-corrected chi connectivity index (χ4v) is 3.93. The Hall–Kier alpha value is -3.31. The number of ether oxygens (including phenoxy) is 2. The Morgan fingerprint density at radius 2 is 1.75 bits per heavy atom. The monoisotopic (exact) mass is 526 g/mol. The van der Waals surface area contributed by atoms with Crippen molar-refractivity contribution in [2.75, 3.05) is 38.1 Å². The predicted octanol–water partition coefficient (Wildman–Crippen LogP) is 4.71. The Balaban J connectivity index is 1.46. The van der Waals surface area contributed by atoms with Crippen LogP contribution in [0.5, 0.6) is 17.4 Å². The summed E-state index contributed by atoms with van der Waals surface area (Å²) in [5, 5.41) is -0.483. The van der Waals surface area contributed by atoms with Crippen LogP contribution in [0.4, 0.5) is 23.4 Å². The zero-order valence-electron chi connectivity index (χ0n) is 19.5. The molecule has 0 bridgehead atoms. The van der Waals surface area contributed by atoms with Crippen molar-refractivity contribution >= 4 is 17.4 Å². The number of piperazine rings is 1. The van der Waals surface area contributed by atoms with Gasteiger partial charge in [0.2, 0.25) is 5.88 Å². The number of hydrogen-bond donors (Lipinski definition) is 0. The SMILES string of the molecule is CN1CCN(c2cc(OCc3ccc(Oc4ccc(Cl)c(C(F)(F)F)c4)c(F)c3)nc(=O)n2C)CC1. The zero-order chi connectivity index (χ0) is 26.0. The summed E-state index contributed by atoms with van der Waals surface area (Å²) in [6.45, 7) is 3.12. The van der Waals surface area contributed by atoms with E-state index in [1.165, 1.54) is 22.8 Å². The van der Waals surface area contributed by atoms with Crippen LogP contribution in [-0.2, 0) is 19.8 Å². The number of rotatable bonds is 6. The zero-order valence-corrected chi connectivity index (χ0v) is 20.2. The van der Waals surface area contributed by atoms with Crippen molar-refractivity contribution in [1.82, 2.24) is 14.5 Å². The predicted molar refractivity (Wildman–Crippen MR) is 126 cm³/mol. The maximum Gasteiger partial charge on any atom is 0.417 e. The van der Waals surface area contributed by atoms with Gasteiger partial charge in [-0.3, -0.25) is 4.57 Å².